The van der Waals surface area contributed by atoms with Crippen LogP contribution in [0.3, 0.4) is 0 Å². The number of halogens is 1. The maximum Gasteiger partial charge on any atom is 0.308 e. The summed E-state index contributed by atoms with van der Waals surface area (Å²) in [4.78, 5) is 60.4. The van der Waals surface area contributed by atoms with Crippen LogP contribution in [0.5, 0.6) is 0 Å². The van der Waals surface area contributed by atoms with Crippen molar-refractivity contribution in [1.82, 2.24) is 16.0 Å². The van der Waals surface area contributed by atoms with Gasteiger partial charge in [-0.25, -0.2) is 0 Å². The predicted octanol–water partition coefficient (Wildman–Crippen LogP) is 3.52. The van der Waals surface area contributed by atoms with Crippen LogP contribution in [-0.4, -0.2) is 54.1 Å². The summed E-state index contributed by atoms with van der Waals surface area (Å²) in [7, 11) is 0. The van der Waals surface area contributed by atoms with E-state index in [-0.39, 0.29) is 48.5 Å². The second-order valence-electron chi connectivity index (χ2n) is 9.41. The van der Waals surface area contributed by atoms with Crippen LogP contribution in [0.15, 0.2) is 24.3 Å². The summed E-state index contributed by atoms with van der Waals surface area (Å²) in [6, 6.07) is 5.20. The number of esters is 1. The molecule has 0 aliphatic heterocycles. The molecule has 0 aliphatic rings. The van der Waals surface area contributed by atoms with Gasteiger partial charge in [-0.05, 0) is 43.4 Å². The second-order valence-corrected chi connectivity index (χ2v) is 9.68. The van der Waals surface area contributed by atoms with Crippen LogP contribution in [0.25, 0.3) is 0 Å². The molecule has 39 heavy (non-hydrogen) atoms. The van der Waals surface area contributed by atoms with Crippen LogP contribution in [0.4, 0.5) is 5.69 Å². The molecule has 0 saturated carbocycles. The molecule has 0 spiro atoms. The summed E-state index contributed by atoms with van der Waals surface area (Å²) >= 11 is 5.41. The third kappa shape index (κ3) is 15.1. The Bertz CT molecular complexity index is 921. The first-order valence-electron chi connectivity index (χ1n) is 13.4. The van der Waals surface area contributed by atoms with Gasteiger partial charge in [0, 0.05) is 18.7 Å². The normalized spacial score (nSPS) is 11.9. The molecular formula is C28H45ClN4O6. The molecule has 0 bridgehead atoms. The Morgan fingerprint density at radius 2 is 1.46 bits per heavy atom. The average molecular weight is 569 g/mol. The molecule has 1 rings (SSSR count). The van der Waals surface area contributed by atoms with Crippen molar-refractivity contribution in [2.75, 3.05) is 17.7 Å². The van der Waals surface area contributed by atoms with Crippen molar-refractivity contribution >= 4 is 46.9 Å². The van der Waals surface area contributed by atoms with E-state index >= 15 is 0 Å². The highest BCUT2D eigenvalue weighted by molar-refractivity contribution is 6.27. The molecule has 1 unspecified atom stereocenters. The quantitative estimate of drug-likeness (QED) is 0.145. The number of unbranched alkanes of at least 4 members (excludes halogenated alkanes) is 1. The van der Waals surface area contributed by atoms with E-state index < -0.39 is 23.9 Å². The van der Waals surface area contributed by atoms with Crippen LogP contribution in [0.2, 0.25) is 0 Å². The monoisotopic (exact) mass is 568 g/mol. The van der Waals surface area contributed by atoms with Gasteiger partial charge in [0.25, 0.3) is 0 Å². The minimum absolute atomic E-state index is 0.106. The van der Waals surface area contributed by atoms with Crippen LogP contribution in [0, 0.1) is 11.8 Å². The third-order valence-corrected chi connectivity index (χ3v) is 5.61. The Morgan fingerprint density at radius 3 is 2.00 bits per heavy atom. The summed E-state index contributed by atoms with van der Waals surface area (Å²) in [6.45, 7) is 13.2. The van der Waals surface area contributed by atoms with E-state index in [4.69, 9.17) is 16.3 Å². The number of rotatable bonds is 15. The third-order valence-electron chi connectivity index (χ3n) is 5.37. The highest BCUT2D eigenvalue weighted by atomic mass is 35.5. The summed E-state index contributed by atoms with van der Waals surface area (Å²) in [5.41, 5.74) is 1.31. The molecule has 0 aromatic heterocycles. The van der Waals surface area contributed by atoms with Crippen LogP contribution in [-0.2, 0) is 35.3 Å². The summed E-state index contributed by atoms with van der Waals surface area (Å²) in [6.07, 6.45) is 1.35. The summed E-state index contributed by atoms with van der Waals surface area (Å²) in [5, 5.41) is 10.7. The number of anilines is 1. The van der Waals surface area contributed by atoms with Gasteiger partial charge >= 0.3 is 5.97 Å². The summed E-state index contributed by atoms with van der Waals surface area (Å²) < 4.78 is 5.18. The number of hydrogen-bond acceptors (Lipinski definition) is 6. The first-order valence-corrected chi connectivity index (χ1v) is 14.0. The van der Waals surface area contributed by atoms with E-state index in [1.54, 1.807) is 58.9 Å². The molecule has 0 aliphatic carbocycles. The Labute approximate surface area is 237 Å². The molecule has 220 valence electrons. The van der Waals surface area contributed by atoms with E-state index in [2.05, 4.69) is 21.3 Å². The van der Waals surface area contributed by atoms with Crippen molar-refractivity contribution in [2.45, 2.75) is 86.4 Å². The van der Waals surface area contributed by atoms with Gasteiger partial charge in [-0.2, -0.15) is 0 Å². The van der Waals surface area contributed by atoms with Crippen molar-refractivity contribution in [3.05, 3.63) is 29.8 Å². The minimum atomic E-state index is -0.845. The zero-order valence-electron chi connectivity index (χ0n) is 24.2. The molecule has 0 fully saturated rings. The number of hydrogen-bond donors (Lipinski definition) is 4. The predicted molar refractivity (Wildman–Crippen MR) is 153 cm³/mol. The second kappa shape index (κ2) is 19.9. The van der Waals surface area contributed by atoms with Gasteiger partial charge in [-0.15, -0.1) is 11.6 Å². The molecule has 0 saturated heterocycles. The number of benzene rings is 1. The van der Waals surface area contributed by atoms with Gasteiger partial charge in [0.1, 0.15) is 24.6 Å². The zero-order chi connectivity index (χ0) is 30.0. The fourth-order valence-corrected chi connectivity index (χ4v) is 3.19. The van der Waals surface area contributed by atoms with Crippen molar-refractivity contribution in [2.24, 2.45) is 11.8 Å². The van der Waals surface area contributed by atoms with E-state index in [0.717, 1.165) is 5.56 Å². The SMILES string of the molecule is CC.CC(C)C(=O)OCc1ccc(NC(=O)[C@@H](C)NC(=O)C(NC(=O)CCCCNC(=O)CCl)C(C)C)cc1. The zero-order valence-corrected chi connectivity index (χ0v) is 24.9. The van der Waals surface area contributed by atoms with Gasteiger partial charge < -0.3 is 26.0 Å². The number of ether oxygens (including phenoxy) is 1. The number of carbonyl (C=O) groups excluding carboxylic acids is 5. The van der Waals surface area contributed by atoms with Crippen molar-refractivity contribution in [3.8, 4) is 0 Å². The lowest BCUT2D eigenvalue weighted by atomic mass is 10.0. The van der Waals surface area contributed by atoms with Gasteiger partial charge in [-0.3, -0.25) is 24.0 Å². The van der Waals surface area contributed by atoms with E-state index in [9.17, 15) is 24.0 Å². The fourth-order valence-electron chi connectivity index (χ4n) is 3.09. The highest BCUT2D eigenvalue weighted by Gasteiger charge is 2.27. The molecule has 0 heterocycles. The molecular weight excluding hydrogens is 524 g/mol. The minimum Gasteiger partial charge on any atom is -0.461 e. The highest BCUT2D eigenvalue weighted by Crippen LogP contribution is 2.12. The fraction of sp³-hybridized carbons (Fsp3) is 0.607. The van der Waals surface area contributed by atoms with Crippen LogP contribution in [0.1, 0.15) is 73.3 Å². The smallest absolute Gasteiger partial charge is 0.308 e. The molecule has 1 aromatic carbocycles. The molecule has 0 radical (unpaired) electrons. The van der Waals surface area contributed by atoms with E-state index in [1.807, 2.05) is 13.8 Å². The first-order chi connectivity index (χ1) is 18.4. The van der Waals surface area contributed by atoms with Gasteiger partial charge in [-0.1, -0.05) is 53.7 Å². The lowest BCUT2D eigenvalue weighted by Gasteiger charge is -2.24. The topological polar surface area (TPSA) is 143 Å². The molecule has 10 nitrogen and oxygen atoms in total. The maximum absolute atomic E-state index is 12.8. The van der Waals surface area contributed by atoms with Crippen molar-refractivity contribution in [1.29, 1.82) is 0 Å². The Balaban J connectivity index is 0.00000704. The number of carbonyl (C=O) groups is 5. The van der Waals surface area contributed by atoms with Crippen LogP contribution >= 0.6 is 11.6 Å². The molecule has 4 amide bonds. The standard InChI is InChI=1S/C26H39ClN4O6.C2H6/c1-16(2)23(31-21(32)8-6-7-13-28-22(33)14-27)25(35)29-18(5)24(34)30-20-11-9-19(10-12-20)15-37-26(36)17(3)4;1-2/h9-12,16-18,23H,6-8,13-15H2,1-5H3,(H,28,33)(H,29,35)(H,30,34)(H,31,32);1-2H3/t18-,23?;/m1./s1. The molecule has 2 atom stereocenters. The molecule has 11 heteroatoms. The van der Waals surface area contributed by atoms with Crippen LogP contribution < -0.4 is 21.3 Å². The van der Waals surface area contributed by atoms with E-state index in [0.29, 0.717) is 25.1 Å². The van der Waals surface area contributed by atoms with Gasteiger partial charge in [0.2, 0.25) is 23.6 Å². The lowest BCUT2D eigenvalue weighted by Crippen LogP contribution is -2.53. The number of nitrogens with one attached hydrogen (secondary N) is 4. The number of amides is 4. The molecule has 1 aromatic rings. The number of alkyl halides is 1. The Morgan fingerprint density at radius 1 is 0.846 bits per heavy atom. The first kappa shape index (κ1) is 35.9. The Hall–Kier alpha value is -3.14. The Kier molecular flexibility index (Phi) is 18.3. The average Bonchev–Trinajstić information content (AvgIpc) is 2.91. The lowest BCUT2D eigenvalue weighted by molar-refractivity contribution is -0.148. The van der Waals surface area contributed by atoms with Crippen molar-refractivity contribution in [3.63, 3.8) is 0 Å². The van der Waals surface area contributed by atoms with Gasteiger partial charge in [0.05, 0.1) is 5.92 Å². The molecule has 4 N–H and O–H groups in total. The van der Waals surface area contributed by atoms with Crippen molar-refractivity contribution < 1.29 is 28.7 Å². The van der Waals surface area contributed by atoms with E-state index in [1.165, 1.54) is 0 Å². The van der Waals surface area contributed by atoms with Gasteiger partial charge in [0.15, 0.2) is 0 Å². The maximum atomic E-state index is 12.8. The summed E-state index contributed by atoms with van der Waals surface area (Å²) in [5.74, 6) is -2.21. The largest absolute Gasteiger partial charge is 0.461 e.